The average Bonchev–Trinajstić information content (AvgIpc) is 2.15. The second-order valence-corrected chi connectivity index (χ2v) is 3.24. The van der Waals surface area contributed by atoms with Crippen molar-refractivity contribution in [3.05, 3.63) is 35.4 Å². The van der Waals surface area contributed by atoms with Gasteiger partial charge in [0.25, 0.3) is 0 Å². The molecule has 0 radical (unpaired) electrons. The molecule has 0 saturated heterocycles. The van der Waals surface area contributed by atoms with Crippen molar-refractivity contribution in [2.75, 3.05) is 6.61 Å². The number of aliphatic hydroxyl groups excluding tert-OH is 1. The summed E-state index contributed by atoms with van der Waals surface area (Å²) >= 11 is 0. The zero-order chi connectivity index (χ0) is 9.68. The maximum atomic E-state index is 13.3. The zero-order valence-corrected chi connectivity index (χ0v) is 7.83. The Hall–Kier alpha value is -0.890. The van der Waals surface area contributed by atoms with E-state index in [4.69, 9.17) is 5.11 Å². The smallest absolute Gasteiger partial charge is 0.125 e. The number of hydrogen-bond acceptors (Lipinski definition) is 1. The SMILES string of the molecule is Cc1ccc(C(F)CCCO)cc1. The molecule has 0 aliphatic rings. The highest BCUT2D eigenvalue weighted by Gasteiger charge is 2.07. The Morgan fingerprint density at radius 3 is 2.46 bits per heavy atom. The van der Waals surface area contributed by atoms with Gasteiger partial charge in [0.1, 0.15) is 6.17 Å². The fraction of sp³-hybridized carbons (Fsp3) is 0.455. The van der Waals surface area contributed by atoms with Gasteiger partial charge in [-0.2, -0.15) is 0 Å². The van der Waals surface area contributed by atoms with Crippen LogP contribution < -0.4 is 0 Å². The molecule has 13 heavy (non-hydrogen) atoms. The Bertz CT molecular complexity index is 243. The van der Waals surface area contributed by atoms with Crippen molar-refractivity contribution < 1.29 is 9.50 Å². The van der Waals surface area contributed by atoms with Crippen LogP contribution in [0.2, 0.25) is 0 Å². The largest absolute Gasteiger partial charge is 0.396 e. The van der Waals surface area contributed by atoms with E-state index in [0.29, 0.717) is 18.4 Å². The van der Waals surface area contributed by atoms with Crippen LogP contribution in [0.4, 0.5) is 4.39 Å². The third-order valence-electron chi connectivity index (χ3n) is 2.05. The lowest BCUT2D eigenvalue weighted by molar-refractivity contribution is 0.247. The molecule has 0 bridgehead atoms. The lowest BCUT2D eigenvalue weighted by atomic mass is 10.1. The summed E-state index contributed by atoms with van der Waals surface area (Å²) in [5, 5.41) is 8.54. The maximum absolute atomic E-state index is 13.3. The summed E-state index contributed by atoms with van der Waals surface area (Å²) in [6.45, 7) is 2.04. The molecule has 0 spiro atoms. The monoisotopic (exact) mass is 182 g/mol. The number of hydrogen-bond donors (Lipinski definition) is 1. The molecule has 0 aromatic heterocycles. The van der Waals surface area contributed by atoms with E-state index in [1.807, 2.05) is 19.1 Å². The van der Waals surface area contributed by atoms with Crippen molar-refractivity contribution in [1.82, 2.24) is 0 Å². The minimum Gasteiger partial charge on any atom is -0.396 e. The molecule has 1 unspecified atom stereocenters. The van der Waals surface area contributed by atoms with E-state index < -0.39 is 6.17 Å². The topological polar surface area (TPSA) is 20.2 Å². The quantitative estimate of drug-likeness (QED) is 0.759. The van der Waals surface area contributed by atoms with E-state index in [1.165, 1.54) is 0 Å². The van der Waals surface area contributed by atoms with Crippen LogP contribution >= 0.6 is 0 Å². The van der Waals surface area contributed by atoms with Gasteiger partial charge in [0, 0.05) is 6.61 Å². The highest BCUT2D eigenvalue weighted by Crippen LogP contribution is 2.22. The van der Waals surface area contributed by atoms with E-state index in [1.54, 1.807) is 12.1 Å². The summed E-state index contributed by atoms with van der Waals surface area (Å²) in [5.74, 6) is 0. The standard InChI is InChI=1S/C11H15FO/c1-9-4-6-10(7-5-9)11(12)3-2-8-13/h4-7,11,13H,2-3,8H2,1H3. The van der Waals surface area contributed by atoms with Crippen LogP contribution in [0.5, 0.6) is 0 Å². The van der Waals surface area contributed by atoms with Gasteiger partial charge in [-0.1, -0.05) is 29.8 Å². The van der Waals surface area contributed by atoms with Crippen molar-refractivity contribution in [1.29, 1.82) is 0 Å². The Morgan fingerprint density at radius 1 is 1.31 bits per heavy atom. The van der Waals surface area contributed by atoms with Crippen molar-refractivity contribution >= 4 is 0 Å². The Kier molecular flexibility index (Phi) is 3.90. The highest BCUT2D eigenvalue weighted by atomic mass is 19.1. The third kappa shape index (κ3) is 3.15. The highest BCUT2D eigenvalue weighted by molar-refractivity contribution is 5.22. The molecule has 0 amide bonds. The Labute approximate surface area is 78.2 Å². The normalized spacial score (nSPS) is 12.8. The molecule has 1 rings (SSSR count). The van der Waals surface area contributed by atoms with Crippen molar-refractivity contribution in [2.24, 2.45) is 0 Å². The molecule has 1 aromatic carbocycles. The number of aliphatic hydroxyl groups is 1. The van der Waals surface area contributed by atoms with Gasteiger partial charge in [0.2, 0.25) is 0 Å². The van der Waals surface area contributed by atoms with Gasteiger partial charge in [-0.05, 0) is 25.3 Å². The van der Waals surface area contributed by atoms with Crippen LogP contribution in [0.3, 0.4) is 0 Å². The predicted octanol–water partition coefficient (Wildman–Crippen LogP) is 2.78. The van der Waals surface area contributed by atoms with Crippen LogP contribution in [-0.4, -0.2) is 11.7 Å². The molecule has 2 heteroatoms. The molecule has 1 atom stereocenters. The van der Waals surface area contributed by atoms with Crippen LogP contribution in [0.25, 0.3) is 0 Å². The lowest BCUT2D eigenvalue weighted by Gasteiger charge is -2.07. The second kappa shape index (κ2) is 4.97. The molecule has 1 nitrogen and oxygen atoms in total. The molecule has 0 heterocycles. The molecule has 1 aromatic rings. The fourth-order valence-electron chi connectivity index (χ4n) is 1.21. The summed E-state index contributed by atoms with van der Waals surface area (Å²) in [7, 11) is 0. The molecule has 0 saturated carbocycles. The van der Waals surface area contributed by atoms with Crippen molar-refractivity contribution in [2.45, 2.75) is 25.9 Å². The lowest BCUT2D eigenvalue weighted by Crippen LogP contribution is -1.93. The number of alkyl halides is 1. The van der Waals surface area contributed by atoms with Gasteiger partial charge >= 0.3 is 0 Å². The first-order chi connectivity index (χ1) is 6.24. The van der Waals surface area contributed by atoms with E-state index in [0.717, 1.165) is 5.56 Å². The third-order valence-corrected chi connectivity index (χ3v) is 2.05. The molecule has 0 fully saturated rings. The Morgan fingerprint density at radius 2 is 1.92 bits per heavy atom. The summed E-state index contributed by atoms with van der Waals surface area (Å²) in [6.07, 6.45) is -0.0121. The second-order valence-electron chi connectivity index (χ2n) is 3.24. The number of halogens is 1. The summed E-state index contributed by atoms with van der Waals surface area (Å²) in [5.41, 5.74) is 1.84. The number of rotatable bonds is 4. The zero-order valence-electron chi connectivity index (χ0n) is 7.83. The predicted molar refractivity (Wildman–Crippen MR) is 51.3 cm³/mol. The van der Waals surface area contributed by atoms with Gasteiger partial charge in [-0.3, -0.25) is 0 Å². The van der Waals surface area contributed by atoms with E-state index in [9.17, 15) is 4.39 Å². The number of benzene rings is 1. The van der Waals surface area contributed by atoms with Gasteiger partial charge < -0.3 is 5.11 Å². The molecule has 0 aliphatic carbocycles. The molecular weight excluding hydrogens is 167 g/mol. The van der Waals surface area contributed by atoms with Crippen LogP contribution in [0, 0.1) is 6.92 Å². The van der Waals surface area contributed by atoms with Crippen molar-refractivity contribution in [3.63, 3.8) is 0 Å². The van der Waals surface area contributed by atoms with Crippen LogP contribution in [-0.2, 0) is 0 Å². The van der Waals surface area contributed by atoms with E-state index in [-0.39, 0.29) is 6.61 Å². The first kappa shape index (κ1) is 10.2. The van der Waals surface area contributed by atoms with Gasteiger partial charge in [0.05, 0.1) is 0 Å². The van der Waals surface area contributed by atoms with Gasteiger partial charge in [0.15, 0.2) is 0 Å². The molecule has 1 N–H and O–H groups in total. The minimum absolute atomic E-state index is 0.0618. The molecular formula is C11H15FO. The molecule has 72 valence electrons. The fourth-order valence-corrected chi connectivity index (χ4v) is 1.21. The summed E-state index contributed by atoms with van der Waals surface area (Å²) in [6, 6.07) is 7.41. The first-order valence-corrected chi connectivity index (χ1v) is 4.55. The maximum Gasteiger partial charge on any atom is 0.125 e. The van der Waals surface area contributed by atoms with Gasteiger partial charge in [-0.15, -0.1) is 0 Å². The first-order valence-electron chi connectivity index (χ1n) is 4.55. The van der Waals surface area contributed by atoms with Gasteiger partial charge in [-0.25, -0.2) is 4.39 Å². The summed E-state index contributed by atoms with van der Waals surface area (Å²) in [4.78, 5) is 0. The summed E-state index contributed by atoms with van der Waals surface area (Å²) < 4.78 is 13.3. The Balaban J connectivity index is 2.55. The van der Waals surface area contributed by atoms with Crippen LogP contribution in [0.1, 0.15) is 30.1 Å². The van der Waals surface area contributed by atoms with E-state index >= 15 is 0 Å². The number of aryl methyl sites for hydroxylation is 1. The van der Waals surface area contributed by atoms with E-state index in [2.05, 4.69) is 0 Å². The van der Waals surface area contributed by atoms with Crippen LogP contribution in [0.15, 0.2) is 24.3 Å². The average molecular weight is 182 g/mol. The molecule has 0 aliphatic heterocycles. The van der Waals surface area contributed by atoms with Crippen molar-refractivity contribution in [3.8, 4) is 0 Å². The minimum atomic E-state index is -0.937.